The first-order chi connectivity index (χ1) is 7.42. The molecule has 0 aliphatic carbocycles. The number of nitrogens with zero attached hydrogens (tertiary/aromatic N) is 2. The van der Waals surface area contributed by atoms with Gasteiger partial charge in [0, 0.05) is 0 Å². The molecule has 1 aromatic rings. The minimum atomic E-state index is -3.73. The second-order valence-corrected chi connectivity index (χ2v) is 5.95. The molecule has 7 heteroatoms. The minimum absolute atomic E-state index is 0.0474. The van der Waals surface area contributed by atoms with Crippen molar-refractivity contribution in [1.82, 2.24) is 0 Å². The fourth-order valence-corrected chi connectivity index (χ4v) is 1.84. The van der Waals surface area contributed by atoms with Crippen LogP contribution in [-0.2, 0) is 10.0 Å². The van der Waals surface area contributed by atoms with Crippen LogP contribution in [0.5, 0.6) is 0 Å². The van der Waals surface area contributed by atoms with Gasteiger partial charge in [0.2, 0.25) is 0 Å². The van der Waals surface area contributed by atoms with Crippen LogP contribution >= 0.6 is 23.2 Å². The highest BCUT2D eigenvalue weighted by Gasteiger charge is 2.12. The van der Waals surface area contributed by atoms with E-state index >= 15 is 0 Å². The molecular weight excluding hydrogens is 271 g/mol. The molecule has 0 N–H and O–H groups in total. The van der Waals surface area contributed by atoms with Crippen LogP contribution in [0.25, 0.3) is 0 Å². The lowest BCUT2D eigenvalue weighted by molar-refractivity contribution is 0.594. The fraction of sp³-hybridized carbons (Fsp3) is 0.333. The second-order valence-electron chi connectivity index (χ2n) is 3.08. The fourth-order valence-electron chi connectivity index (χ4n) is 0.928. The van der Waals surface area contributed by atoms with Crippen molar-refractivity contribution in [3.8, 4) is 0 Å². The Morgan fingerprint density at radius 2 is 1.81 bits per heavy atom. The van der Waals surface area contributed by atoms with E-state index in [-0.39, 0.29) is 11.4 Å². The van der Waals surface area contributed by atoms with Gasteiger partial charge < -0.3 is 0 Å². The lowest BCUT2D eigenvalue weighted by atomic mass is 10.2. The minimum Gasteiger partial charge on any atom is -0.198 e. The third-order valence-electron chi connectivity index (χ3n) is 1.70. The number of aryl methyl sites for hydroxylation is 1. The largest absolute Gasteiger partial charge is 0.299 e. The Morgan fingerprint density at radius 1 is 1.25 bits per heavy atom. The van der Waals surface area contributed by atoms with Crippen LogP contribution in [0.4, 0.5) is 0 Å². The van der Waals surface area contributed by atoms with E-state index in [2.05, 4.69) is 9.63 Å². The van der Waals surface area contributed by atoms with Gasteiger partial charge in [-0.2, -0.15) is 13.5 Å². The number of alkyl halides is 2. The summed E-state index contributed by atoms with van der Waals surface area (Å²) in [5.41, 5.74) is 0.970. The molecule has 1 aromatic carbocycles. The predicted molar refractivity (Wildman–Crippen MR) is 63.6 cm³/mol. The maximum absolute atomic E-state index is 11.6. The van der Waals surface area contributed by atoms with E-state index in [0.29, 0.717) is 0 Å². The van der Waals surface area contributed by atoms with E-state index in [0.717, 1.165) is 5.56 Å². The molecule has 4 nitrogen and oxygen atoms in total. The predicted octanol–water partition coefficient (Wildman–Crippen LogP) is 2.94. The van der Waals surface area contributed by atoms with E-state index < -0.39 is 14.9 Å². The summed E-state index contributed by atoms with van der Waals surface area (Å²) in [7, 11) is -3.73. The molecule has 0 spiro atoms. The monoisotopic (exact) mass is 280 g/mol. The number of halogens is 2. The van der Waals surface area contributed by atoms with Gasteiger partial charge in [-0.15, -0.1) is 23.2 Å². The Morgan fingerprint density at radius 3 is 2.31 bits per heavy atom. The smallest absolute Gasteiger partial charge is 0.198 e. The zero-order chi connectivity index (χ0) is 12.2. The molecule has 0 heterocycles. The van der Waals surface area contributed by atoms with Crippen LogP contribution in [0.3, 0.4) is 0 Å². The number of hydrogen-bond donors (Lipinski definition) is 0. The topological polar surface area (TPSA) is 58.9 Å². The maximum Gasteiger partial charge on any atom is 0.299 e. The summed E-state index contributed by atoms with van der Waals surface area (Å²) in [6, 6.07) is 6.33. The standard InChI is InChI=1S/C9H10Cl2N2O2S/c1-7-2-4-8(5-3-7)16(14,15)13-12-6-9(10)11/h2-5,9H,6H2,1H3. The van der Waals surface area contributed by atoms with E-state index in [1.807, 2.05) is 6.92 Å². The highest BCUT2D eigenvalue weighted by Crippen LogP contribution is 2.13. The van der Waals surface area contributed by atoms with Gasteiger partial charge in [-0.1, -0.05) is 22.2 Å². The highest BCUT2D eigenvalue weighted by atomic mass is 35.5. The molecule has 0 atom stereocenters. The van der Waals surface area contributed by atoms with Crippen LogP contribution in [0.2, 0.25) is 0 Å². The summed E-state index contributed by atoms with van der Waals surface area (Å²) in [6.07, 6.45) is 0. The SMILES string of the molecule is Cc1ccc(S(=O)(=O)N=NCC(Cl)Cl)cc1. The number of hydrogen-bond acceptors (Lipinski definition) is 3. The zero-order valence-electron chi connectivity index (χ0n) is 8.47. The summed E-state index contributed by atoms with van der Waals surface area (Å²) < 4.78 is 26.4. The van der Waals surface area contributed by atoms with Gasteiger partial charge in [-0.3, -0.25) is 0 Å². The van der Waals surface area contributed by atoms with Crippen molar-refractivity contribution in [3.05, 3.63) is 29.8 Å². The molecule has 0 aliphatic heterocycles. The van der Waals surface area contributed by atoms with Gasteiger partial charge in [0.05, 0.1) is 11.4 Å². The van der Waals surface area contributed by atoms with Gasteiger partial charge >= 0.3 is 0 Å². The molecule has 88 valence electrons. The van der Waals surface area contributed by atoms with E-state index in [4.69, 9.17) is 23.2 Å². The van der Waals surface area contributed by atoms with Crippen LogP contribution in [-0.4, -0.2) is 19.8 Å². The van der Waals surface area contributed by atoms with Crippen molar-refractivity contribution in [1.29, 1.82) is 0 Å². The third kappa shape index (κ3) is 4.08. The van der Waals surface area contributed by atoms with Crippen LogP contribution in [0.15, 0.2) is 38.8 Å². The first-order valence-corrected chi connectivity index (χ1v) is 6.72. The average molecular weight is 281 g/mol. The van der Waals surface area contributed by atoms with Crippen LogP contribution < -0.4 is 0 Å². The molecular formula is C9H10Cl2N2O2S. The third-order valence-corrected chi connectivity index (χ3v) is 3.18. The molecule has 0 saturated heterocycles. The molecule has 0 aliphatic rings. The summed E-state index contributed by atoms with van der Waals surface area (Å²) in [6.45, 7) is 1.82. The number of benzene rings is 1. The quantitative estimate of drug-likeness (QED) is 0.629. The summed E-state index contributed by atoms with van der Waals surface area (Å²) in [5, 5.41) is 3.41. The van der Waals surface area contributed by atoms with Gasteiger partial charge in [-0.25, -0.2) is 0 Å². The van der Waals surface area contributed by atoms with Gasteiger partial charge in [0.1, 0.15) is 4.84 Å². The normalized spacial score (nSPS) is 12.5. The Bertz CT molecular complexity index is 469. The molecule has 0 unspecified atom stereocenters. The lowest BCUT2D eigenvalue weighted by Crippen LogP contribution is -1.98. The molecule has 0 fully saturated rings. The molecule has 0 radical (unpaired) electrons. The van der Waals surface area contributed by atoms with Crippen molar-refractivity contribution in [2.24, 2.45) is 9.63 Å². The van der Waals surface area contributed by atoms with E-state index in [1.54, 1.807) is 12.1 Å². The molecule has 0 bridgehead atoms. The van der Waals surface area contributed by atoms with Crippen molar-refractivity contribution in [3.63, 3.8) is 0 Å². The van der Waals surface area contributed by atoms with Crippen molar-refractivity contribution in [2.75, 3.05) is 6.54 Å². The lowest BCUT2D eigenvalue weighted by Gasteiger charge is -1.98. The van der Waals surface area contributed by atoms with Crippen molar-refractivity contribution in [2.45, 2.75) is 16.7 Å². The second kappa shape index (κ2) is 5.61. The first-order valence-electron chi connectivity index (χ1n) is 4.40. The Balaban J connectivity index is 2.86. The van der Waals surface area contributed by atoms with Gasteiger partial charge in [0.25, 0.3) is 10.0 Å². The van der Waals surface area contributed by atoms with E-state index in [9.17, 15) is 8.42 Å². The maximum atomic E-state index is 11.6. The van der Waals surface area contributed by atoms with Crippen LogP contribution in [0.1, 0.15) is 5.56 Å². The highest BCUT2D eigenvalue weighted by molar-refractivity contribution is 7.90. The number of sulfonamides is 1. The molecule has 0 amide bonds. The van der Waals surface area contributed by atoms with Crippen molar-refractivity contribution >= 4 is 33.2 Å². The Kier molecular flexibility index (Phi) is 4.70. The number of rotatable bonds is 4. The summed E-state index contributed by atoms with van der Waals surface area (Å²) in [5.74, 6) is 0. The van der Waals surface area contributed by atoms with E-state index in [1.165, 1.54) is 12.1 Å². The average Bonchev–Trinajstić information content (AvgIpc) is 2.17. The van der Waals surface area contributed by atoms with Gasteiger partial charge in [-0.05, 0) is 19.1 Å². The molecule has 0 aromatic heterocycles. The van der Waals surface area contributed by atoms with Crippen LogP contribution in [0, 0.1) is 6.92 Å². The molecule has 16 heavy (non-hydrogen) atoms. The summed E-state index contributed by atoms with van der Waals surface area (Å²) in [4.78, 5) is -0.653. The summed E-state index contributed by atoms with van der Waals surface area (Å²) >= 11 is 10.8. The van der Waals surface area contributed by atoms with Gasteiger partial charge in [0.15, 0.2) is 0 Å². The first kappa shape index (κ1) is 13.4. The molecule has 1 rings (SSSR count). The molecule has 0 saturated carbocycles. The van der Waals surface area contributed by atoms with Crippen molar-refractivity contribution < 1.29 is 8.42 Å². The Labute approximate surface area is 104 Å². The zero-order valence-corrected chi connectivity index (χ0v) is 10.8. The Hall–Kier alpha value is -0.650.